The number of esters is 1. The van der Waals surface area contributed by atoms with Crippen molar-refractivity contribution >= 4 is 12.1 Å². The van der Waals surface area contributed by atoms with Gasteiger partial charge in [-0.15, -0.1) is 0 Å². The first-order valence-corrected chi connectivity index (χ1v) is 8.21. The molecule has 1 rings (SSSR count). The predicted molar refractivity (Wildman–Crippen MR) is 90.8 cm³/mol. The van der Waals surface area contributed by atoms with Crippen molar-refractivity contribution in [3.05, 3.63) is 18.0 Å². The minimum absolute atomic E-state index is 0.0694. The first kappa shape index (κ1) is 20.0. The van der Waals surface area contributed by atoms with Crippen LogP contribution in [0.1, 0.15) is 64.2 Å². The average molecular weight is 339 g/mol. The molecule has 0 spiro atoms. The number of carbonyl (C=O) groups excluding carboxylic acids is 2. The summed E-state index contributed by atoms with van der Waals surface area (Å²) in [5.74, 6) is -0.461. The van der Waals surface area contributed by atoms with Gasteiger partial charge in [0.1, 0.15) is 12.2 Å². The van der Waals surface area contributed by atoms with Crippen molar-refractivity contribution in [1.29, 1.82) is 0 Å². The molecule has 0 bridgehead atoms. The zero-order valence-electron chi connectivity index (χ0n) is 15.5. The minimum Gasteiger partial charge on any atom is -0.460 e. The Morgan fingerprint density at radius 1 is 1.29 bits per heavy atom. The molecule has 1 atom stereocenters. The molecular formula is C17H29N3O4. The SMILES string of the molecule is CCCCC(C)(COC(=O)c1cnn(C)c1)NC(=O)OC(C)(C)C. The normalized spacial score (nSPS) is 13.9. The van der Waals surface area contributed by atoms with Crippen LogP contribution in [0.3, 0.4) is 0 Å². The van der Waals surface area contributed by atoms with E-state index in [4.69, 9.17) is 9.47 Å². The molecule has 1 aromatic heterocycles. The number of aryl methyl sites for hydroxylation is 1. The van der Waals surface area contributed by atoms with E-state index in [0.717, 1.165) is 12.8 Å². The number of nitrogens with one attached hydrogen (secondary N) is 1. The standard InChI is InChI=1S/C17H29N3O4/c1-7-8-9-17(5,19-15(22)24-16(2,3)4)12-23-14(21)13-10-18-20(6)11-13/h10-11H,7-9,12H2,1-6H3,(H,19,22). The monoisotopic (exact) mass is 339 g/mol. The second kappa shape index (κ2) is 8.17. The highest BCUT2D eigenvalue weighted by Gasteiger charge is 2.30. The first-order chi connectivity index (χ1) is 11.0. The molecule has 0 fully saturated rings. The van der Waals surface area contributed by atoms with Crippen LogP contribution < -0.4 is 5.32 Å². The van der Waals surface area contributed by atoms with Crippen molar-refractivity contribution < 1.29 is 19.1 Å². The summed E-state index contributed by atoms with van der Waals surface area (Å²) in [6.45, 7) is 9.40. The van der Waals surface area contributed by atoms with E-state index in [-0.39, 0.29) is 6.61 Å². The molecule has 0 saturated heterocycles. The van der Waals surface area contributed by atoms with Crippen LogP contribution in [0.15, 0.2) is 12.4 Å². The van der Waals surface area contributed by atoms with E-state index in [1.54, 1.807) is 34.0 Å². The van der Waals surface area contributed by atoms with Crippen LogP contribution in [0.2, 0.25) is 0 Å². The van der Waals surface area contributed by atoms with E-state index in [9.17, 15) is 9.59 Å². The smallest absolute Gasteiger partial charge is 0.408 e. The molecule has 7 nitrogen and oxygen atoms in total. The number of hydrogen-bond donors (Lipinski definition) is 1. The van der Waals surface area contributed by atoms with Gasteiger partial charge in [-0.2, -0.15) is 5.10 Å². The van der Waals surface area contributed by atoms with Gasteiger partial charge >= 0.3 is 12.1 Å². The van der Waals surface area contributed by atoms with Crippen LogP contribution in [-0.2, 0) is 16.5 Å². The van der Waals surface area contributed by atoms with Crippen molar-refractivity contribution in [3.63, 3.8) is 0 Å². The molecule has 1 N–H and O–H groups in total. The molecule has 0 aliphatic carbocycles. The predicted octanol–water partition coefficient (Wildman–Crippen LogP) is 3.05. The van der Waals surface area contributed by atoms with E-state index < -0.39 is 23.2 Å². The molecule has 1 amide bonds. The van der Waals surface area contributed by atoms with Crippen molar-refractivity contribution in [2.24, 2.45) is 7.05 Å². The molecule has 0 aliphatic rings. The van der Waals surface area contributed by atoms with E-state index in [2.05, 4.69) is 17.3 Å². The zero-order chi connectivity index (χ0) is 18.4. The molecule has 0 aliphatic heterocycles. The lowest BCUT2D eigenvalue weighted by Gasteiger charge is -2.31. The number of amides is 1. The quantitative estimate of drug-likeness (QED) is 0.772. The number of unbranched alkanes of at least 4 members (excludes halogenated alkanes) is 1. The largest absolute Gasteiger partial charge is 0.460 e. The highest BCUT2D eigenvalue weighted by atomic mass is 16.6. The molecule has 1 heterocycles. The Morgan fingerprint density at radius 3 is 2.46 bits per heavy atom. The van der Waals surface area contributed by atoms with Gasteiger partial charge in [0.2, 0.25) is 0 Å². The minimum atomic E-state index is -0.684. The second-order valence-corrected chi connectivity index (χ2v) is 7.27. The Kier molecular flexibility index (Phi) is 6.81. The van der Waals surface area contributed by atoms with Crippen LogP contribution in [0, 0.1) is 0 Å². The van der Waals surface area contributed by atoms with Gasteiger partial charge in [0, 0.05) is 13.2 Å². The van der Waals surface area contributed by atoms with Gasteiger partial charge in [0.15, 0.2) is 0 Å². The lowest BCUT2D eigenvalue weighted by atomic mass is 9.96. The third kappa shape index (κ3) is 7.02. The summed E-state index contributed by atoms with van der Waals surface area (Å²) in [6, 6.07) is 0. The molecule has 0 saturated carbocycles. The van der Waals surface area contributed by atoms with Gasteiger partial charge < -0.3 is 14.8 Å². The summed E-state index contributed by atoms with van der Waals surface area (Å²) in [4.78, 5) is 24.1. The van der Waals surface area contributed by atoms with Gasteiger partial charge in [-0.25, -0.2) is 9.59 Å². The van der Waals surface area contributed by atoms with Gasteiger partial charge in [-0.3, -0.25) is 4.68 Å². The molecule has 1 unspecified atom stereocenters. The Bertz CT molecular complexity index is 562. The molecule has 136 valence electrons. The van der Waals surface area contributed by atoms with E-state index >= 15 is 0 Å². The second-order valence-electron chi connectivity index (χ2n) is 7.27. The van der Waals surface area contributed by atoms with Crippen molar-refractivity contribution in [1.82, 2.24) is 15.1 Å². The molecule has 7 heteroatoms. The number of ether oxygens (including phenoxy) is 2. The van der Waals surface area contributed by atoms with E-state index in [0.29, 0.717) is 12.0 Å². The summed E-state index contributed by atoms with van der Waals surface area (Å²) in [5.41, 5.74) is -0.883. The fourth-order valence-electron chi connectivity index (χ4n) is 2.12. The first-order valence-electron chi connectivity index (χ1n) is 8.21. The number of nitrogens with zero attached hydrogens (tertiary/aromatic N) is 2. The van der Waals surface area contributed by atoms with Crippen LogP contribution in [0.5, 0.6) is 0 Å². The highest BCUT2D eigenvalue weighted by Crippen LogP contribution is 2.17. The van der Waals surface area contributed by atoms with Crippen LogP contribution >= 0.6 is 0 Å². The van der Waals surface area contributed by atoms with Gasteiger partial charge in [-0.1, -0.05) is 19.8 Å². The summed E-state index contributed by atoms with van der Waals surface area (Å²) < 4.78 is 12.2. The van der Waals surface area contributed by atoms with E-state index in [1.807, 2.05) is 6.92 Å². The number of rotatable bonds is 7. The summed E-state index contributed by atoms with van der Waals surface area (Å²) >= 11 is 0. The van der Waals surface area contributed by atoms with Crippen LogP contribution in [0.25, 0.3) is 0 Å². The van der Waals surface area contributed by atoms with Gasteiger partial charge in [-0.05, 0) is 34.1 Å². The van der Waals surface area contributed by atoms with Gasteiger partial charge in [0.05, 0.1) is 17.3 Å². The fraction of sp³-hybridized carbons (Fsp3) is 0.706. The third-order valence-corrected chi connectivity index (χ3v) is 3.35. The maximum atomic E-state index is 12.1. The number of carbonyl (C=O) groups is 2. The highest BCUT2D eigenvalue weighted by molar-refractivity contribution is 5.88. The maximum absolute atomic E-state index is 12.1. The topological polar surface area (TPSA) is 82.5 Å². The Labute approximate surface area is 143 Å². The Balaban J connectivity index is 2.68. The van der Waals surface area contributed by atoms with E-state index in [1.165, 1.54) is 10.9 Å². The van der Waals surface area contributed by atoms with Gasteiger partial charge in [0.25, 0.3) is 0 Å². The average Bonchev–Trinajstić information content (AvgIpc) is 2.87. The number of alkyl carbamates (subject to hydrolysis) is 1. The third-order valence-electron chi connectivity index (χ3n) is 3.35. The number of hydrogen-bond acceptors (Lipinski definition) is 5. The Morgan fingerprint density at radius 2 is 1.96 bits per heavy atom. The zero-order valence-corrected chi connectivity index (χ0v) is 15.5. The Hall–Kier alpha value is -2.05. The molecule has 0 aromatic carbocycles. The molecule has 0 radical (unpaired) electrons. The fourth-order valence-corrected chi connectivity index (χ4v) is 2.12. The molecule has 24 heavy (non-hydrogen) atoms. The van der Waals surface area contributed by atoms with Crippen LogP contribution in [-0.4, -0.2) is 39.6 Å². The van der Waals surface area contributed by atoms with Crippen molar-refractivity contribution in [2.75, 3.05) is 6.61 Å². The number of aromatic nitrogens is 2. The lowest BCUT2D eigenvalue weighted by Crippen LogP contribution is -2.51. The van der Waals surface area contributed by atoms with Crippen LogP contribution in [0.4, 0.5) is 4.79 Å². The summed E-state index contributed by atoms with van der Waals surface area (Å²) in [7, 11) is 1.73. The maximum Gasteiger partial charge on any atom is 0.408 e. The lowest BCUT2D eigenvalue weighted by molar-refractivity contribution is 0.0247. The molecule has 1 aromatic rings. The van der Waals surface area contributed by atoms with Crippen molar-refractivity contribution in [2.45, 2.75) is 65.0 Å². The van der Waals surface area contributed by atoms with Crippen molar-refractivity contribution in [3.8, 4) is 0 Å². The molecular weight excluding hydrogens is 310 g/mol. The summed E-state index contributed by atoms with van der Waals surface area (Å²) in [5, 5.41) is 6.78. The summed E-state index contributed by atoms with van der Waals surface area (Å²) in [6.07, 6.45) is 5.08.